The maximum atomic E-state index is 11.7. The molecule has 0 unspecified atom stereocenters. The molecule has 0 radical (unpaired) electrons. The third kappa shape index (κ3) is 1.55. The lowest BCUT2D eigenvalue weighted by Crippen LogP contribution is -2.14. The van der Waals surface area contributed by atoms with E-state index in [1.54, 1.807) is 0 Å². The highest BCUT2D eigenvalue weighted by atomic mass is 16.1. The van der Waals surface area contributed by atoms with Gasteiger partial charge in [0, 0.05) is 11.8 Å². The fourth-order valence-electron chi connectivity index (χ4n) is 2.19. The Hall–Kier alpha value is -0.330. The number of ketones is 1. The average molecular weight is 166 g/mol. The van der Waals surface area contributed by atoms with Crippen molar-refractivity contribution >= 4 is 5.78 Å². The van der Waals surface area contributed by atoms with Crippen LogP contribution in [0.25, 0.3) is 0 Å². The molecule has 0 spiro atoms. The van der Waals surface area contributed by atoms with E-state index in [0.29, 0.717) is 5.78 Å². The highest BCUT2D eigenvalue weighted by Gasteiger charge is 2.44. The van der Waals surface area contributed by atoms with Crippen molar-refractivity contribution in [1.29, 1.82) is 0 Å². The zero-order chi connectivity index (χ0) is 8.60. The summed E-state index contributed by atoms with van der Waals surface area (Å²) in [5.74, 6) is 1.30. The van der Waals surface area contributed by atoms with Crippen LogP contribution in [-0.2, 0) is 4.79 Å². The first-order chi connectivity index (χ1) is 5.71. The summed E-state index contributed by atoms with van der Waals surface area (Å²) in [5.41, 5.74) is 0.128. The molecule has 2 saturated carbocycles. The van der Waals surface area contributed by atoms with Gasteiger partial charge >= 0.3 is 0 Å². The van der Waals surface area contributed by atoms with Gasteiger partial charge in [0.25, 0.3) is 0 Å². The molecule has 2 aliphatic rings. The Bertz CT molecular complexity index is 185. The van der Waals surface area contributed by atoms with Crippen molar-refractivity contribution < 1.29 is 4.79 Å². The van der Waals surface area contributed by atoms with Gasteiger partial charge in [-0.2, -0.15) is 0 Å². The number of carbonyl (C=O) groups excluding carboxylic acids is 1. The van der Waals surface area contributed by atoms with E-state index in [1.807, 2.05) is 0 Å². The van der Waals surface area contributed by atoms with Crippen molar-refractivity contribution in [2.45, 2.75) is 51.9 Å². The topological polar surface area (TPSA) is 17.1 Å². The van der Waals surface area contributed by atoms with Gasteiger partial charge in [0.05, 0.1) is 0 Å². The fraction of sp³-hybridized carbons (Fsp3) is 0.909. The fourth-order valence-corrected chi connectivity index (χ4v) is 2.19. The van der Waals surface area contributed by atoms with Crippen molar-refractivity contribution in [2.75, 3.05) is 0 Å². The van der Waals surface area contributed by atoms with Gasteiger partial charge in [-0.3, -0.25) is 4.79 Å². The Balaban J connectivity index is 1.82. The van der Waals surface area contributed by atoms with E-state index in [4.69, 9.17) is 0 Å². The molecule has 0 heterocycles. The smallest absolute Gasteiger partial charge is 0.139 e. The van der Waals surface area contributed by atoms with Crippen LogP contribution in [0.5, 0.6) is 0 Å². The molecule has 0 amide bonds. The van der Waals surface area contributed by atoms with Gasteiger partial charge in [-0.05, 0) is 18.8 Å². The molecule has 1 nitrogen and oxygen atoms in total. The summed E-state index contributed by atoms with van der Waals surface area (Å²) in [6.07, 6.45) is 8.51. The number of rotatable bonds is 3. The molecule has 0 aromatic heterocycles. The number of hydrogen-bond donors (Lipinski definition) is 0. The van der Waals surface area contributed by atoms with Crippen LogP contribution in [0.2, 0.25) is 0 Å². The van der Waals surface area contributed by atoms with Gasteiger partial charge in [0.15, 0.2) is 0 Å². The zero-order valence-electron chi connectivity index (χ0n) is 7.94. The molecule has 0 aliphatic heterocycles. The second-order valence-corrected chi connectivity index (χ2v) is 4.84. The van der Waals surface area contributed by atoms with Crippen LogP contribution in [-0.4, -0.2) is 5.78 Å². The van der Waals surface area contributed by atoms with Crippen LogP contribution in [0.3, 0.4) is 0 Å². The first kappa shape index (κ1) is 8.28. The maximum absolute atomic E-state index is 11.7. The van der Waals surface area contributed by atoms with Gasteiger partial charge in [-0.1, -0.05) is 32.6 Å². The van der Waals surface area contributed by atoms with Crippen LogP contribution in [0.1, 0.15) is 51.9 Å². The monoisotopic (exact) mass is 166 g/mol. The predicted octanol–water partition coefficient (Wildman–Crippen LogP) is 2.94. The Morgan fingerprint density at radius 2 is 1.92 bits per heavy atom. The van der Waals surface area contributed by atoms with Crippen molar-refractivity contribution in [2.24, 2.45) is 11.3 Å². The SMILES string of the molecule is CC1(C(=O)CC2CCCC2)CC1. The second-order valence-electron chi connectivity index (χ2n) is 4.84. The first-order valence-corrected chi connectivity index (χ1v) is 5.24. The van der Waals surface area contributed by atoms with Crippen LogP contribution in [0, 0.1) is 11.3 Å². The molecular formula is C11H18O. The van der Waals surface area contributed by atoms with Crippen LogP contribution >= 0.6 is 0 Å². The molecule has 0 bridgehead atoms. The lowest BCUT2D eigenvalue weighted by molar-refractivity contribution is -0.124. The summed E-state index contributed by atoms with van der Waals surface area (Å²) >= 11 is 0. The van der Waals surface area contributed by atoms with Crippen molar-refractivity contribution in [3.8, 4) is 0 Å². The number of carbonyl (C=O) groups is 1. The second kappa shape index (κ2) is 2.86. The summed E-state index contributed by atoms with van der Waals surface area (Å²) in [6.45, 7) is 2.13. The molecule has 0 N–H and O–H groups in total. The molecule has 2 fully saturated rings. The summed E-state index contributed by atoms with van der Waals surface area (Å²) in [4.78, 5) is 11.7. The number of hydrogen-bond acceptors (Lipinski definition) is 1. The number of Topliss-reactive ketones (excluding diaryl/α,β-unsaturated/α-hetero) is 1. The van der Waals surface area contributed by atoms with Crippen molar-refractivity contribution in [1.82, 2.24) is 0 Å². The molecule has 0 atom stereocenters. The average Bonchev–Trinajstić information content (AvgIpc) is 2.63. The Morgan fingerprint density at radius 3 is 2.42 bits per heavy atom. The maximum Gasteiger partial charge on any atom is 0.139 e. The van der Waals surface area contributed by atoms with Crippen LogP contribution in [0.15, 0.2) is 0 Å². The summed E-state index contributed by atoms with van der Waals surface area (Å²) < 4.78 is 0. The minimum absolute atomic E-state index is 0.128. The first-order valence-electron chi connectivity index (χ1n) is 5.24. The van der Waals surface area contributed by atoms with Gasteiger partial charge < -0.3 is 0 Å². The molecule has 1 heteroatoms. The molecular weight excluding hydrogens is 148 g/mol. The molecule has 12 heavy (non-hydrogen) atoms. The van der Waals surface area contributed by atoms with Gasteiger partial charge in [-0.25, -0.2) is 0 Å². The normalized spacial score (nSPS) is 27.4. The minimum Gasteiger partial charge on any atom is -0.299 e. The molecule has 2 aliphatic carbocycles. The molecule has 0 aromatic rings. The highest BCUT2D eigenvalue weighted by Crippen LogP contribution is 2.47. The predicted molar refractivity (Wildman–Crippen MR) is 48.9 cm³/mol. The summed E-state index contributed by atoms with van der Waals surface area (Å²) in [6, 6.07) is 0. The van der Waals surface area contributed by atoms with E-state index in [1.165, 1.54) is 25.7 Å². The Kier molecular flexibility index (Phi) is 1.97. The van der Waals surface area contributed by atoms with E-state index >= 15 is 0 Å². The standard InChI is InChI=1S/C11H18O/c1-11(6-7-11)10(12)8-9-4-2-3-5-9/h9H,2-8H2,1H3. The Labute approximate surface area is 74.5 Å². The van der Waals surface area contributed by atoms with E-state index in [2.05, 4.69) is 6.92 Å². The molecule has 0 saturated heterocycles. The summed E-state index contributed by atoms with van der Waals surface area (Å²) in [5, 5.41) is 0. The summed E-state index contributed by atoms with van der Waals surface area (Å²) in [7, 11) is 0. The van der Waals surface area contributed by atoms with Crippen LogP contribution in [0.4, 0.5) is 0 Å². The lowest BCUT2D eigenvalue weighted by Gasteiger charge is -2.11. The third-order valence-electron chi connectivity index (χ3n) is 3.62. The third-order valence-corrected chi connectivity index (χ3v) is 3.62. The highest BCUT2D eigenvalue weighted by molar-refractivity contribution is 5.87. The Morgan fingerprint density at radius 1 is 1.33 bits per heavy atom. The van der Waals surface area contributed by atoms with Gasteiger partial charge in [0.2, 0.25) is 0 Å². The van der Waals surface area contributed by atoms with E-state index in [0.717, 1.165) is 25.2 Å². The largest absolute Gasteiger partial charge is 0.299 e. The van der Waals surface area contributed by atoms with E-state index in [-0.39, 0.29) is 5.41 Å². The van der Waals surface area contributed by atoms with Crippen LogP contribution < -0.4 is 0 Å². The minimum atomic E-state index is 0.128. The van der Waals surface area contributed by atoms with Gasteiger partial charge in [0.1, 0.15) is 5.78 Å². The van der Waals surface area contributed by atoms with Crippen molar-refractivity contribution in [3.63, 3.8) is 0 Å². The van der Waals surface area contributed by atoms with E-state index in [9.17, 15) is 4.79 Å². The zero-order valence-corrected chi connectivity index (χ0v) is 7.94. The van der Waals surface area contributed by atoms with Crippen molar-refractivity contribution in [3.05, 3.63) is 0 Å². The lowest BCUT2D eigenvalue weighted by atomic mass is 9.92. The molecule has 68 valence electrons. The molecule has 2 rings (SSSR count). The quantitative estimate of drug-likeness (QED) is 0.630. The van der Waals surface area contributed by atoms with E-state index < -0.39 is 0 Å². The van der Waals surface area contributed by atoms with Gasteiger partial charge in [-0.15, -0.1) is 0 Å². The molecule has 0 aromatic carbocycles.